The Kier molecular flexibility index (Phi) is 5.08. The highest BCUT2D eigenvalue weighted by Gasteiger charge is 2.35. The minimum atomic E-state index is -0.350. The average Bonchev–Trinajstić information content (AvgIpc) is 3.67. The lowest BCUT2D eigenvalue weighted by Gasteiger charge is -2.05. The zero-order valence-electron chi connectivity index (χ0n) is 21.0. The van der Waals surface area contributed by atoms with Gasteiger partial charge in [-0.2, -0.15) is 0 Å². The molecule has 0 saturated carbocycles. The van der Waals surface area contributed by atoms with Crippen LogP contribution in [0.4, 0.5) is 0 Å². The molecular weight excluding hydrogens is 472 g/mol. The Morgan fingerprint density at radius 3 is 2.08 bits per heavy atom. The van der Waals surface area contributed by atoms with Crippen LogP contribution in [0, 0.1) is 0 Å². The van der Waals surface area contributed by atoms with Crippen LogP contribution in [0.2, 0.25) is 0 Å². The van der Waals surface area contributed by atoms with Crippen molar-refractivity contribution in [1.29, 1.82) is 0 Å². The lowest BCUT2D eigenvalue weighted by molar-refractivity contribution is -0.122. The molecule has 0 atom stereocenters. The second-order valence-corrected chi connectivity index (χ2v) is 9.92. The molecule has 3 aromatic carbocycles. The van der Waals surface area contributed by atoms with E-state index in [1.165, 1.54) is 10.9 Å². The number of aromatic amines is 1. The number of aromatic nitrogens is 3. The fourth-order valence-corrected chi connectivity index (χ4v) is 5.92. The normalized spacial score (nSPS) is 13.9. The van der Waals surface area contributed by atoms with Crippen molar-refractivity contribution in [3.05, 3.63) is 108 Å². The average molecular weight is 499 g/mol. The van der Waals surface area contributed by atoms with E-state index < -0.39 is 0 Å². The van der Waals surface area contributed by atoms with Crippen molar-refractivity contribution in [2.45, 2.75) is 19.4 Å². The quantitative estimate of drug-likeness (QED) is 0.284. The van der Waals surface area contributed by atoms with Crippen LogP contribution in [0.3, 0.4) is 0 Å². The van der Waals surface area contributed by atoms with Gasteiger partial charge in [-0.1, -0.05) is 54.6 Å². The topological polar surface area (TPSA) is 71.8 Å². The maximum atomic E-state index is 13.2. The smallest absolute Gasteiger partial charge is 0.259 e. The summed E-state index contributed by atoms with van der Waals surface area (Å²) in [7, 11) is 1.96. The molecule has 1 aliphatic rings. The van der Waals surface area contributed by atoms with Crippen LogP contribution in [0.5, 0.6) is 0 Å². The summed E-state index contributed by atoms with van der Waals surface area (Å²) in [5.74, 6) is -0.697. The molecule has 0 spiro atoms. The van der Waals surface area contributed by atoms with E-state index in [1.54, 1.807) is 0 Å². The molecule has 0 radical (unpaired) electrons. The van der Waals surface area contributed by atoms with Gasteiger partial charge in [0.15, 0.2) is 0 Å². The first-order chi connectivity index (χ1) is 18.6. The van der Waals surface area contributed by atoms with E-state index in [-0.39, 0.29) is 11.8 Å². The predicted octanol–water partition coefficient (Wildman–Crippen LogP) is 5.81. The molecule has 1 aliphatic heterocycles. The molecule has 6 aromatic rings. The summed E-state index contributed by atoms with van der Waals surface area (Å²) in [4.78, 5) is 29.8. The minimum absolute atomic E-state index is 0.348. The number of nitrogens with zero attached hydrogens (tertiary/aromatic N) is 2. The second kappa shape index (κ2) is 8.63. The highest BCUT2D eigenvalue weighted by atomic mass is 16.2. The Labute approximate surface area is 219 Å². The Morgan fingerprint density at radius 2 is 1.32 bits per heavy atom. The van der Waals surface area contributed by atoms with Crippen molar-refractivity contribution in [1.82, 2.24) is 19.4 Å². The van der Waals surface area contributed by atoms with Crippen LogP contribution in [0.1, 0.15) is 23.1 Å². The number of H-pyrrole nitrogens is 1. The highest BCUT2D eigenvalue weighted by Crippen LogP contribution is 2.38. The third-order valence-corrected chi connectivity index (χ3v) is 7.68. The van der Waals surface area contributed by atoms with Gasteiger partial charge in [0, 0.05) is 76.0 Å². The van der Waals surface area contributed by atoms with Gasteiger partial charge in [-0.3, -0.25) is 14.9 Å². The van der Waals surface area contributed by atoms with Crippen LogP contribution >= 0.6 is 0 Å². The lowest BCUT2D eigenvalue weighted by Crippen LogP contribution is -2.22. The van der Waals surface area contributed by atoms with Crippen molar-refractivity contribution in [3.63, 3.8) is 0 Å². The molecule has 7 rings (SSSR count). The predicted molar refractivity (Wildman–Crippen MR) is 151 cm³/mol. The number of para-hydroxylation sites is 3. The number of nitrogens with one attached hydrogen (secondary N) is 2. The molecule has 4 heterocycles. The number of hydrogen-bond acceptors (Lipinski definition) is 2. The molecule has 0 saturated heterocycles. The van der Waals surface area contributed by atoms with Crippen molar-refractivity contribution in [2.75, 3.05) is 0 Å². The standard InChI is InChI=1S/C32H26N4O2/c1-35-18-24(22-11-3-6-14-27(22)35)29-30(32(38)34-31(29)37)25-19-36(28-15-7-4-12-23(25)28)16-8-9-20-17-33-26-13-5-2-10-21(20)26/h2-7,10-15,17-19,33H,8-9,16H2,1H3,(H,34,37,38). The number of aryl methyl sites for hydroxylation is 3. The van der Waals surface area contributed by atoms with Crippen molar-refractivity contribution in [3.8, 4) is 0 Å². The maximum Gasteiger partial charge on any atom is 0.259 e. The molecule has 6 heteroatoms. The molecule has 38 heavy (non-hydrogen) atoms. The van der Waals surface area contributed by atoms with Crippen LogP contribution in [0.25, 0.3) is 43.9 Å². The van der Waals surface area contributed by atoms with Gasteiger partial charge in [-0.25, -0.2) is 0 Å². The second-order valence-electron chi connectivity index (χ2n) is 9.92. The maximum absolute atomic E-state index is 13.2. The van der Waals surface area contributed by atoms with Crippen LogP contribution in [-0.2, 0) is 29.6 Å². The van der Waals surface area contributed by atoms with E-state index in [9.17, 15) is 9.59 Å². The Morgan fingerprint density at radius 1 is 0.711 bits per heavy atom. The van der Waals surface area contributed by atoms with E-state index in [4.69, 9.17) is 0 Å². The molecule has 0 unspecified atom stereocenters. The number of amides is 2. The zero-order chi connectivity index (χ0) is 25.8. The molecule has 0 aliphatic carbocycles. The third-order valence-electron chi connectivity index (χ3n) is 7.68. The summed E-state index contributed by atoms with van der Waals surface area (Å²) >= 11 is 0. The molecule has 2 amide bonds. The number of carbonyl (C=O) groups is 2. The van der Waals surface area contributed by atoms with Crippen LogP contribution < -0.4 is 5.32 Å². The number of imide groups is 1. The van der Waals surface area contributed by atoms with E-state index in [1.807, 2.05) is 72.5 Å². The highest BCUT2D eigenvalue weighted by molar-refractivity contribution is 6.50. The molecule has 0 bridgehead atoms. The summed E-state index contributed by atoms with van der Waals surface area (Å²) in [5.41, 5.74) is 6.97. The third kappa shape index (κ3) is 3.41. The monoisotopic (exact) mass is 498 g/mol. The number of rotatable bonds is 6. The molecule has 0 fully saturated rings. The van der Waals surface area contributed by atoms with Crippen LogP contribution in [-0.4, -0.2) is 25.9 Å². The summed E-state index contributed by atoms with van der Waals surface area (Å²) in [6.07, 6.45) is 7.96. The van der Waals surface area contributed by atoms with Crippen LogP contribution in [0.15, 0.2) is 91.4 Å². The first-order valence-corrected chi connectivity index (χ1v) is 12.9. The molecule has 186 valence electrons. The van der Waals surface area contributed by atoms with Gasteiger partial charge >= 0.3 is 0 Å². The number of benzene rings is 3. The van der Waals surface area contributed by atoms with Gasteiger partial charge in [-0.15, -0.1) is 0 Å². The molecular formula is C32H26N4O2. The summed E-state index contributed by atoms with van der Waals surface area (Å²) in [5, 5.41) is 5.75. The van der Waals surface area contributed by atoms with Gasteiger partial charge in [0.2, 0.25) is 0 Å². The summed E-state index contributed by atoms with van der Waals surface area (Å²) in [6.45, 7) is 0.798. The molecule has 3 aromatic heterocycles. The van der Waals surface area contributed by atoms with Crippen molar-refractivity contribution >= 4 is 55.7 Å². The van der Waals surface area contributed by atoms with Crippen molar-refractivity contribution < 1.29 is 9.59 Å². The van der Waals surface area contributed by atoms with E-state index in [0.717, 1.165) is 57.8 Å². The fourth-order valence-electron chi connectivity index (χ4n) is 5.92. The van der Waals surface area contributed by atoms with Crippen molar-refractivity contribution in [2.24, 2.45) is 7.05 Å². The van der Waals surface area contributed by atoms with Gasteiger partial charge < -0.3 is 14.1 Å². The van der Waals surface area contributed by atoms with Gasteiger partial charge in [-0.05, 0) is 36.6 Å². The van der Waals surface area contributed by atoms with Gasteiger partial charge in [0.05, 0.1) is 11.1 Å². The number of fused-ring (bicyclic) bond motifs is 3. The van der Waals surface area contributed by atoms with E-state index >= 15 is 0 Å². The van der Waals surface area contributed by atoms with E-state index in [0.29, 0.717) is 11.1 Å². The SMILES string of the molecule is Cn1cc(C2=C(c3cn(CCCc4c[nH]c5ccccc45)c4ccccc34)C(=O)NC2=O)c2ccccc21. The largest absolute Gasteiger partial charge is 0.361 e. The Hall–Kier alpha value is -4.84. The summed E-state index contributed by atoms with van der Waals surface area (Å²) < 4.78 is 4.21. The number of hydrogen-bond donors (Lipinski definition) is 2. The minimum Gasteiger partial charge on any atom is -0.361 e. The summed E-state index contributed by atoms with van der Waals surface area (Å²) in [6, 6.07) is 24.4. The Balaban J connectivity index is 1.31. The lowest BCUT2D eigenvalue weighted by atomic mass is 9.95. The first kappa shape index (κ1) is 22.4. The number of carbonyl (C=O) groups excluding carboxylic acids is 2. The van der Waals surface area contributed by atoms with Gasteiger partial charge in [0.1, 0.15) is 0 Å². The molecule has 6 nitrogen and oxygen atoms in total. The van der Waals surface area contributed by atoms with Gasteiger partial charge in [0.25, 0.3) is 11.8 Å². The fraction of sp³-hybridized carbons (Fsp3) is 0.125. The zero-order valence-corrected chi connectivity index (χ0v) is 21.0. The van der Waals surface area contributed by atoms with E-state index in [2.05, 4.69) is 45.3 Å². The first-order valence-electron chi connectivity index (χ1n) is 12.9. The Bertz CT molecular complexity index is 1930. The molecule has 2 N–H and O–H groups in total.